The maximum Gasteiger partial charge on any atom is 0.0130 e. The van der Waals surface area contributed by atoms with E-state index in [1.165, 1.54) is 32.3 Å². The number of benzene rings is 1. The molecule has 8 heteroatoms. The first-order valence-corrected chi connectivity index (χ1v) is 11.6. The van der Waals surface area contributed by atoms with Crippen molar-refractivity contribution in [1.82, 2.24) is 5.32 Å². The molecular weight excluding hydrogens is 387 g/mol. The minimum Gasteiger partial charge on any atom is -0.307 e. The minimum atomic E-state index is -5.09. The van der Waals surface area contributed by atoms with Crippen molar-refractivity contribution < 1.29 is 21.8 Å². The van der Waals surface area contributed by atoms with E-state index in [2.05, 4.69) is 38.3 Å². The van der Waals surface area contributed by atoms with Crippen molar-refractivity contribution in [1.29, 1.82) is 0 Å². The van der Waals surface area contributed by atoms with Gasteiger partial charge in [-0.25, -0.2) is 0 Å². The fourth-order valence-electron chi connectivity index (χ4n) is 3.06. The van der Waals surface area contributed by atoms with Crippen molar-refractivity contribution in [2.75, 3.05) is 5.32 Å². The SMILES string of the molecule is CC(=O)Nc1ccc([As](=O)(O)O)c(O)c1.CC1(C)CCCC(C)(C)N1. The second-order valence-electron chi connectivity index (χ2n) is 7.68. The maximum atomic E-state index is 10.9. The number of piperidine rings is 1. The quantitative estimate of drug-likeness (QED) is 0.463. The van der Waals surface area contributed by atoms with Crippen LogP contribution in [0.1, 0.15) is 53.9 Å². The van der Waals surface area contributed by atoms with E-state index in [-0.39, 0.29) is 11.6 Å². The average Bonchev–Trinajstić information content (AvgIpc) is 2.33. The van der Waals surface area contributed by atoms with E-state index in [0.29, 0.717) is 11.1 Å². The van der Waals surface area contributed by atoms with Gasteiger partial charge < -0.3 is 5.32 Å². The van der Waals surface area contributed by atoms with E-state index in [4.69, 9.17) is 8.19 Å². The van der Waals surface area contributed by atoms with Crippen LogP contribution in [0.2, 0.25) is 0 Å². The number of hydrogen-bond donors (Lipinski definition) is 5. The molecule has 0 aromatic heterocycles. The van der Waals surface area contributed by atoms with E-state index < -0.39 is 24.3 Å². The Balaban J connectivity index is 0.000000271. The van der Waals surface area contributed by atoms with E-state index in [0.717, 1.165) is 12.1 Å². The number of carbonyl (C=O) groups excluding carboxylic acids is 1. The Hall–Kier alpha value is -1.27. The van der Waals surface area contributed by atoms with Gasteiger partial charge in [0.1, 0.15) is 0 Å². The number of anilines is 1. The van der Waals surface area contributed by atoms with E-state index >= 15 is 0 Å². The van der Waals surface area contributed by atoms with Gasteiger partial charge >= 0.3 is 88.1 Å². The molecule has 142 valence electrons. The Morgan fingerprint density at radius 3 is 2.00 bits per heavy atom. The van der Waals surface area contributed by atoms with Gasteiger partial charge in [0, 0.05) is 11.1 Å². The summed E-state index contributed by atoms with van der Waals surface area (Å²) in [5.41, 5.74) is 1.01. The summed E-state index contributed by atoms with van der Waals surface area (Å²) in [6.07, 6.45) is 4.00. The molecule has 1 fully saturated rings. The first-order valence-electron chi connectivity index (χ1n) is 8.18. The zero-order chi connectivity index (χ0) is 19.5. The number of nitrogens with one attached hydrogen (secondary N) is 2. The standard InChI is InChI=1S/C9H19N.C8H10AsNO5/c1-8(2)6-5-7-9(3,4)10-8;1-5(11)10-6-2-3-7(8(12)4-6)9(13,14)15/h10H,5-7H2,1-4H3;2-4,12H,1H3,(H,10,11)(H2,13,14,15). The van der Waals surface area contributed by atoms with Crippen LogP contribution in [-0.2, 0) is 8.53 Å². The first-order chi connectivity index (χ1) is 11.2. The maximum absolute atomic E-state index is 10.9. The molecule has 0 radical (unpaired) electrons. The van der Waals surface area contributed by atoms with E-state index in [1.54, 1.807) is 0 Å². The fraction of sp³-hybridized carbons (Fsp3) is 0.588. The molecule has 0 atom stereocenters. The monoisotopic (exact) mass is 416 g/mol. The smallest absolute Gasteiger partial charge is 0.0130 e. The van der Waals surface area contributed by atoms with Crippen molar-refractivity contribution in [3.05, 3.63) is 18.2 Å². The van der Waals surface area contributed by atoms with Crippen LogP contribution in [0.4, 0.5) is 5.69 Å². The number of carbonyl (C=O) groups is 1. The number of phenols is 1. The molecule has 1 aromatic carbocycles. The zero-order valence-corrected chi connectivity index (χ0v) is 17.3. The third kappa shape index (κ3) is 7.65. The topological polar surface area (TPSA) is 119 Å². The molecule has 0 spiro atoms. The molecule has 0 aliphatic carbocycles. The molecule has 0 bridgehead atoms. The molecule has 2 rings (SSSR count). The van der Waals surface area contributed by atoms with Crippen LogP contribution in [0.5, 0.6) is 5.75 Å². The summed E-state index contributed by atoms with van der Waals surface area (Å²) >= 11 is -5.09. The number of hydrogen-bond acceptors (Lipinski definition) is 4. The van der Waals surface area contributed by atoms with Crippen molar-refractivity contribution in [3.63, 3.8) is 0 Å². The van der Waals surface area contributed by atoms with Gasteiger partial charge in [-0.15, -0.1) is 0 Å². The Labute approximate surface area is 151 Å². The Morgan fingerprint density at radius 2 is 1.68 bits per heavy atom. The molecule has 0 unspecified atom stereocenters. The van der Waals surface area contributed by atoms with Crippen molar-refractivity contribution >= 4 is 30.1 Å². The van der Waals surface area contributed by atoms with E-state index in [1.807, 2.05) is 0 Å². The molecular formula is C17H29AsN2O5. The Bertz CT molecular complexity index is 653. The molecule has 1 saturated heterocycles. The van der Waals surface area contributed by atoms with Gasteiger partial charge in [0.05, 0.1) is 0 Å². The first kappa shape index (κ1) is 21.8. The Morgan fingerprint density at radius 1 is 1.16 bits per heavy atom. The van der Waals surface area contributed by atoms with Gasteiger partial charge in [0.25, 0.3) is 0 Å². The number of rotatable bonds is 2. The van der Waals surface area contributed by atoms with Gasteiger partial charge in [0.15, 0.2) is 0 Å². The Kier molecular flexibility index (Phi) is 6.93. The molecule has 25 heavy (non-hydrogen) atoms. The van der Waals surface area contributed by atoms with Crippen LogP contribution in [0.3, 0.4) is 0 Å². The molecule has 1 heterocycles. The molecule has 1 aromatic rings. The molecule has 7 nitrogen and oxygen atoms in total. The summed E-state index contributed by atoms with van der Waals surface area (Å²) in [5, 5.41) is 15.3. The number of aromatic hydroxyl groups is 1. The molecule has 1 amide bonds. The van der Waals surface area contributed by atoms with Crippen molar-refractivity contribution in [3.8, 4) is 5.75 Å². The second-order valence-corrected chi connectivity index (χ2v) is 11.0. The summed E-state index contributed by atoms with van der Waals surface area (Å²) in [4.78, 5) is 10.7. The van der Waals surface area contributed by atoms with Gasteiger partial charge in [0.2, 0.25) is 0 Å². The largest absolute Gasteiger partial charge is 0.307 e. The zero-order valence-electron chi connectivity index (χ0n) is 15.5. The van der Waals surface area contributed by atoms with Crippen LogP contribution in [0.25, 0.3) is 0 Å². The van der Waals surface area contributed by atoms with Crippen LogP contribution < -0.4 is 15.0 Å². The molecule has 1 aliphatic heterocycles. The second kappa shape index (κ2) is 7.95. The summed E-state index contributed by atoms with van der Waals surface area (Å²) < 4.78 is 28.2. The van der Waals surface area contributed by atoms with Gasteiger partial charge in [-0.2, -0.15) is 0 Å². The third-order valence-electron chi connectivity index (χ3n) is 3.89. The summed E-state index contributed by atoms with van der Waals surface area (Å²) in [6, 6.07) is 3.51. The van der Waals surface area contributed by atoms with Gasteiger partial charge in [-0.05, 0) is 47.0 Å². The van der Waals surface area contributed by atoms with Crippen LogP contribution in [0.15, 0.2) is 18.2 Å². The minimum absolute atomic E-state index is 0.285. The van der Waals surface area contributed by atoms with Gasteiger partial charge in [-0.1, -0.05) is 0 Å². The van der Waals surface area contributed by atoms with Crippen molar-refractivity contribution in [2.45, 2.75) is 65.0 Å². The molecule has 5 N–H and O–H groups in total. The normalized spacial score (nSPS) is 18.7. The van der Waals surface area contributed by atoms with Crippen LogP contribution in [0, 0.1) is 0 Å². The summed E-state index contributed by atoms with van der Waals surface area (Å²) in [5.74, 6) is -0.850. The van der Waals surface area contributed by atoms with Crippen LogP contribution >= 0.6 is 0 Å². The van der Waals surface area contributed by atoms with E-state index in [9.17, 15) is 13.6 Å². The number of amides is 1. The third-order valence-corrected chi connectivity index (χ3v) is 6.00. The van der Waals surface area contributed by atoms with Crippen molar-refractivity contribution in [2.24, 2.45) is 0 Å². The predicted octanol–water partition coefficient (Wildman–Crippen LogP) is 1.23. The van der Waals surface area contributed by atoms with Gasteiger partial charge in [-0.3, -0.25) is 0 Å². The molecule has 1 aliphatic rings. The predicted molar refractivity (Wildman–Crippen MR) is 98.1 cm³/mol. The summed E-state index contributed by atoms with van der Waals surface area (Å²) in [6.45, 7) is 10.4. The summed E-state index contributed by atoms with van der Waals surface area (Å²) in [7, 11) is 0. The number of phenolic OH excluding ortho intramolecular Hbond substituents is 1. The molecule has 0 saturated carbocycles. The van der Waals surface area contributed by atoms with Crippen LogP contribution in [-0.4, -0.2) is 44.5 Å². The average molecular weight is 416 g/mol. The fourth-order valence-corrected chi connectivity index (χ4v) is 4.39.